The topological polar surface area (TPSA) is 68.7 Å². The van der Waals surface area contributed by atoms with Crippen LogP contribution >= 0.6 is 0 Å². The van der Waals surface area contributed by atoms with Crippen LogP contribution in [0.15, 0.2) is 24.3 Å². The average molecular weight is 356 g/mol. The predicted octanol–water partition coefficient (Wildman–Crippen LogP) is 2.51. The molecule has 1 aliphatic rings. The number of rotatable bonds is 4. The van der Waals surface area contributed by atoms with Crippen molar-refractivity contribution in [3.05, 3.63) is 41.1 Å². The van der Waals surface area contributed by atoms with Crippen LogP contribution in [0.25, 0.3) is 10.9 Å². The van der Waals surface area contributed by atoms with Gasteiger partial charge >= 0.3 is 5.97 Å². The summed E-state index contributed by atoms with van der Waals surface area (Å²) in [6.07, 6.45) is 0.618. The lowest BCUT2D eigenvalue weighted by molar-refractivity contribution is -0.141. The maximum absolute atomic E-state index is 12.7. The number of carbonyl (C=O) groups excluding carboxylic acids is 2. The van der Waals surface area contributed by atoms with Gasteiger partial charge < -0.3 is 14.4 Å². The van der Waals surface area contributed by atoms with E-state index in [2.05, 4.69) is 4.98 Å². The lowest BCUT2D eigenvalue weighted by Gasteiger charge is -2.31. The van der Waals surface area contributed by atoms with Gasteiger partial charge in [0.05, 0.1) is 29.5 Å². The molecule has 6 nitrogen and oxygen atoms in total. The van der Waals surface area contributed by atoms with Crippen LogP contribution < -0.4 is 0 Å². The van der Waals surface area contributed by atoms with E-state index in [1.54, 1.807) is 4.90 Å². The number of morpholine rings is 1. The molecule has 6 heteroatoms. The molecule has 0 saturated carbocycles. The van der Waals surface area contributed by atoms with Crippen LogP contribution in [0, 0.1) is 6.92 Å². The number of esters is 1. The summed E-state index contributed by atoms with van der Waals surface area (Å²) in [6.45, 7) is 7.06. The van der Waals surface area contributed by atoms with Crippen molar-refractivity contribution in [1.29, 1.82) is 0 Å². The van der Waals surface area contributed by atoms with E-state index in [-0.39, 0.29) is 18.6 Å². The van der Waals surface area contributed by atoms with E-state index < -0.39 is 5.97 Å². The first-order valence-electron chi connectivity index (χ1n) is 8.96. The van der Waals surface area contributed by atoms with Crippen LogP contribution in [0.5, 0.6) is 0 Å². The molecule has 0 spiro atoms. The standard InChI is InChI=1S/C20H24N2O4/c1-4-16-19(14(3)15-7-5-6-8-17(15)21-16)20(24)26-12-18(23)22-9-10-25-13(2)11-22/h5-8,13H,4,9-12H2,1-3H3. The second-order valence-corrected chi connectivity index (χ2v) is 6.53. The maximum Gasteiger partial charge on any atom is 0.340 e. The zero-order valence-electron chi connectivity index (χ0n) is 15.4. The summed E-state index contributed by atoms with van der Waals surface area (Å²) in [5, 5.41) is 0.921. The fraction of sp³-hybridized carbons (Fsp3) is 0.450. The van der Waals surface area contributed by atoms with Gasteiger partial charge in [-0.25, -0.2) is 4.79 Å². The van der Waals surface area contributed by atoms with Crippen LogP contribution in [-0.2, 0) is 20.7 Å². The molecule has 1 aromatic carbocycles. The number of para-hydroxylation sites is 1. The van der Waals surface area contributed by atoms with Crippen molar-refractivity contribution in [2.45, 2.75) is 33.3 Å². The number of aryl methyl sites for hydroxylation is 2. The zero-order valence-corrected chi connectivity index (χ0v) is 15.4. The molecule has 1 amide bonds. The molecule has 3 rings (SSSR count). The molecule has 0 N–H and O–H groups in total. The number of aromatic nitrogens is 1. The summed E-state index contributed by atoms with van der Waals surface area (Å²) in [5.74, 6) is -0.690. The molecule has 1 fully saturated rings. The van der Waals surface area contributed by atoms with Crippen LogP contribution in [0.4, 0.5) is 0 Å². The summed E-state index contributed by atoms with van der Waals surface area (Å²) in [6, 6.07) is 7.71. The van der Waals surface area contributed by atoms with E-state index in [1.165, 1.54) is 0 Å². The van der Waals surface area contributed by atoms with Gasteiger partial charge in [0.25, 0.3) is 5.91 Å². The molecule has 0 aliphatic carbocycles. The van der Waals surface area contributed by atoms with Crippen LogP contribution in [0.2, 0.25) is 0 Å². The van der Waals surface area contributed by atoms with Crippen molar-refractivity contribution >= 4 is 22.8 Å². The molecule has 0 radical (unpaired) electrons. The Bertz CT molecular complexity index is 834. The highest BCUT2D eigenvalue weighted by molar-refractivity contribution is 5.99. The van der Waals surface area contributed by atoms with Crippen molar-refractivity contribution in [3.8, 4) is 0 Å². The minimum atomic E-state index is -0.493. The van der Waals surface area contributed by atoms with E-state index in [0.29, 0.717) is 37.4 Å². The molecular formula is C20H24N2O4. The molecule has 1 unspecified atom stereocenters. The van der Waals surface area contributed by atoms with Gasteiger partial charge in [-0.2, -0.15) is 0 Å². The normalized spacial score (nSPS) is 17.3. The molecule has 2 heterocycles. The Balaban J connectivity index is 1.77. The summed E-state index contributed by atoms with van der Waals surface area (Å²) < 4.78 is 10.8. The van der Waals surface area contributed by atoms with Crippen LogP contribution in [0.1, 0.15) is 35.5 Å². The smallest absolute Gasteiger partial charge is 0.340 e. The van der Waals surface area contributed by atoms with Gasteiger partial charge in [-0.3, -0.25) is 9.78 Å². The first-order chi connectivity index (χ1) is 12.5. The first kappa shape index (κ1) is 18.3. The van der Waals surface area contributed by atoms with E-state index in [0.717, 1.165) is 16.5 Å². The van der Waals surface area contributed by atoms with E-state index >= 15 is 0 Å². The second-order valence-electron chi connectivity index (χ2n) is 6.53. The minimum absolute atomic E-state index is 0.00188. The Hall–Kier alpha value is -2.47. The average Bonchev–Trinajstić information content (AvgIpc) is 2.65. The molecule has 1 aliphatic heterocycles. The molecule has 1 atom stereocenters. The molecule has 1 aromatic heterocycles. The Morgan fingerprint density at radius 2 is 2.12 bits per heavy atom. The number of hydrogen-bond donors (Lipinski definition) is 0. The molecule has 2 aromatic rings. The number of amides is 1. The van der Waals surface area contributed by atoms with Crippen molar-refractivity contribution < 1.29 is 19.1 Å². The van der Waals surface area contributed by atoms with Gasteiger partial charge in [-0.05, 0) is 31.9 Å². The highest BCUT2D eigenvalue weighted by atomic mass is 16.5. The van der Waals surface area contributed by atoms with Gasteiger partial charge in [0.1, 0.15) is 0 Å². The van der Waals surface area contributed by atoms with Crippen molar-refractivity contribution in [2.75, 3.05) is 26.3 Å². The number of carbonyl (C=O) groups is 2. The summed E-state index contributed by atoms with van der Waals surface area (Å²) in [5.41, 5.74) is 2.86. The summed E-state index contributed by atoms with van der Waals surface area (Å²) in [4.78, 5) is 31.3. The number of benzene rings is 1. The van der Waals surface area contributed by atoms with Gasteiger partial charge in [0.15, 0.2) is 6.61 Å². The third-order valence-corrected chi connectivity index (χ3v) is 4.69. The number of fused-ring (bicyclic) bond motifs is 1. The van der Waals surface area contributed by atoms with Crippen LogP contribution in [0.3, 0.4) is 0 Å². The number of pyridine rings is 1. The van der Waals surface area contributed by atoms with Gasteiger partial charge in [0, 0.05) is 18.5 Å². The number of ether oxygens (including phenoxy) is 2. The fourth-order valence-electron chi connectivity index (χ4n) is 3.30. The predicted molar refractivity (Wildman–Crippen MR) is 98.1 cm³/mol. The monoisotopic (exact) mass is 356 g/mol. The lowest BCUT2D eigenvalue weighted by Crippen LogP contribution is -2.46. The van der Waals surface area contributed by atoms with Crippen molar-refractivity contribution in [2.24, 2.45) is 0 Å². The third kappa shape index (κ3) is 3.70. The third-order valence-electron chi connectivity index (χ3n) is 4.69. The van der Waals surface area contributed by atoms with Crippen molar-refractivity contribution in [1.82, 2.24) is 9.88 Å². The fourth-order valence-corrected chi connectivity index (χ4v) is 3.30. The highest BCUT2D eigenvalue weighted by Gasteiger charge is 2.24. The molecule has 138 valence electrons. The largest absolute Gasteiger partial charge is 0.452 e. The highest BCUT2D eigenvalue weighted by Crippen LogP contribution is 2.24. The van der Waals surface area contributed by atoms with E-state index in [1.807, 2.05) is 45.0 Å². The van der Waals surface area contributed by atoms with Gasteiger partial charge in [-0.1, -0.05) is 25.1 Å². The quantitative estimate of drug-likeness (QED) is 0.788. The second kappa shape index (κ2) is 7.83. The molecular weight excluding hydrogens is 332 g/mol. The lowest BCUT2D eigenvalue weighted by atomic mass is 10.0. The van der Waals surface area contributed by atoms with Crippen LogP contribution in [-0.4, -0.2) is 54.2 Å². The first-order valence-corrected chi connectivity index (χ1v) is 8.96. The Morgan fingerprint density at radius 3 is 2.85 bits per heavy atom. The summed E-state index contributed by atoms with van der Waals surface area (Å²) in [7, 11) is 0. The number of hydrogen-bond acceptors (Lipinski definition) is 5. The van der Waals surface area contributed by atoms with Crippen molar-refractivity contribution in [3.63, 3.8) is 0 Å². The van der Waals surface area contributed by atoms with Gasteiger partial charge in [0.2, 0.25) is 0 Å². The summed E-state index contributed by atoms with van der Waals surface area (Å²) >= 11 is 0. The number of nitrogens with zero attached hydrogens (tertiary/aromatic N) is 2. The Kier molecular flexibility index (Phi) is 5.52. The molecule has 26 heavy (non-hydrogen) atoms. The SMILES string of the molecule is CCc1nc2ccccc2c(C)c1C(=O)OCC(=O)N1CCOC(C)C1. The van der Waals surface area contributed by atoms with E-state index in [9.17, 15) is 9.59 Å². The van der Waals surface area contributed by atoms with E-state index in [4.69, 9.17) is 9.47 Å². The zero-order chi connectivity index (χ0) is 18.7. The molecule has 1 saturated heterocycles. The Labute approximate surface area is 153 Å². The maximum atomic E-state index is 12.7. The van der Waals surface area contributed by atoms with Gasteiger partial charge in [-0.15, -0.1) is 0 Å². The Morgan fingerprint density at radius 1 is 1.35 bits per heavy atom. The minimum Gasteiger partial charge on any atom is -0.452 e. The molecule has 0 bridgehead atoms.